The molecular weight excluding hydrogens is 260 g/mol. The molecule has 0 heterocycles. The van der Waals surface area contributed by atoms with Crippen molar-refractivity contribution in [2.75, 3.05) is 12.4 Å². The summed E-state index contributed by atoms with van der Waals surface area (Å²) in [6, 6.07) is 18.7. The summed E-state index contributed by atoms with van der Waals surface area (Å²) in [4.78, 5) is 0. The maximum absolute atomic E-state index is 8.66. The van der Waals surface area contributed by atoms with Crippen molar-refractivity contribution in [3.63, 3.8) is 0 Å². The molecule has 0 fully saturated rings. The van der Waals surface area contributed by atoms with Crippen LogP contribution < -0.4 is 10.1 Å². The molecule has 0 saturated heterocycles. The van der Waals surface area contributed by atoms with Gasteiger partial charge in [0.2, 0.25) is 0 Å². The van der Waals surface area contributed by atoms with Crippen LogP contribution in [0, 0.1) is 11.3 Å². The number of nitriles is 1. The Morgan fingerprint density at radius 1 is 1.05 bits per heavy atom. The van der Waals surface area contributed by atoms with E-state index in [2.05, 4.69) is 30.4 Å². The van der Waals surface area contributed by atoms with Crippen LogP contribution >= 0.6 is 0 Å². The zero-order valence-corrected chi connectivity index (χ0v) is 12.5. The summed E-state index contributed by atoms with van der Waals surface area (Å²) < 4.78 is 5.16. The van der Waals surface area contributed by atoms with Gasteiger partial charge in [0.15, 0.2) is 0 Å². The fourth-order valence-electron chi connectivity index (χ4n) is 2.26. The highest BCUT2D eigenvalue weighted by molar-refractivity contribution is 5.46. The molecule has 1 N–H and O–H groups in total. The first-order valence-electron chi connectivity index (χ1n) is 7.06. The Balaban J connectivity index is 1.91. The molecule has 0 saturated carbocycles. The van der Waals surface area contributed by atoms with Gasteiger partial charge in [-0.1, -0.05) is 24.3 Å². The normalized spacial score (nSPS) is 11.5. The summed E-state index contributed by atoms with van der Waals surface area (Å²) in [5.41, 5.74) is 3.40. The number of hydrogen-bond acceptors (Lipinski definition) is 3. The van der Waals surface area contributed by atoms with E-state index in [0.29, 0.717) is 12.5 Å². The van der Waals surface area contributed by atoms with Crippen LogP contribution in [0.15, 0.2) is 48.5 Å². The summed E-state index contributed by atoms with van der Waals surface area (Å²) >= 11 is 0. The smallest absolute Gasteiger partial charge is 0.118 e. The van der Waals surface area contributed by atoms with Gasteiger partial charge in [-0.3, -0.25) is 0 Å². The minimum absolute atomic E-state index is 0.334. The lowest BCUT2D eigenvalue weighted by Crippen LogP contribution is -2.17. The first-order chi connectivity index (χ1) is 10.2. The van der Waals surface area contributed by atoms with Crippen molar-refractivity contribution in [3.8, 4) is 11.8 Å². The topological polar surface area (TPSA) is 45.0 Å². The molecule has 2 aromatic carbocycles. The molecule has 2 rings (SSSR count). The maximum atomic E-state index is 8.66. The lowest BCUT2D eigenvalue weighted by molar-refractivity contribution is 0.414. The maximum Gasteiger partial charge on any atom is 0.118 e. The van der Waals surface area contributed by atoms with E-state index >= 15 is 0 Å². The standard InChI is InChI=1S/C18H20N2O/c1-14(13-16-5-9-18(21-2)10-6-16)20-17-7-3-15(4-8-17)11-12-19/h3-10,14,20H,11,13H2,1-2H3. The fraction of sp³-hybridized carbons (Fsp3) is 0.278. The van der Waals surface area contributed by atoms with Crippen LogP contribution in [0.1, 0.15) is 18.1 Å². The van der Waals surface area contributed by atoms with E-state index in [9.17, 15) is 0 Å². The van der Waals surface area contributed by atoms with Gasteiger partial charge in [0.1, 0.15) is 5.75 Å². The predicted molar refractivity (Wildman–Crippen MR) is 85.5 cm³/mol. The molecule has 0 amide bonds. The summed E-state index contributed by atoms with van der Waals surface area (Å²) in [6.07, 6.45) is 1.41. The zero-order chi connectivity index (χ0) is 15.1. The largest absolute Gasteiger partial charge is 0.497 e. The lowest BCUT2D eigenvalue weighted by Gasteiger charge is -2.16. The Labute approximate surface area is 126 Å². The lowest BCUT2D eigenvalue weighted by atomic mass is 10.1. The van der Waals surface area contributed by atoms with E-state index in [4.69, 9.17) is 10.00 Å². The van der Waals surface area contributed by atoms with E-state index in [1.165, 1.54) is 5.56 Å². The molecule has 3 nitrogen and oxygen atoms in total. The molecule has 3 heteroatoms. The summed E-state index contributed by atoms with van der Waals surface area (Å²) in [6.45, 7) is 2.16. The Morgan fingerprint density at radius 3 is 2.24 bits per heavy atom. The summed E-state index contributed by atoms with van der Waals surface area (Å²) in [7, 11) is 1.68. The molecule has 0 bridgehead atoms. The number of ether oxygens (including phenoxy) is 1. The van der Waals surface area contributed by atoms with Crippen LogP contribution in [-0.4, -0.2) is 13.2 Å². The summed E-state index contributed by atoms with van der Waals surface area (Å²) in [5.74, 6) is 0.882. The van der Waals surface area contributed by atoms with Crippen molar-refractivity contribution in [2.45, 2.75) is 25.8 Å². The number of anilines is 1. The van der Waals surface area contributed by atoms with Crippen molar-refractivity contribution in [2.24, 2.45) is 0 Å². The van der Waals surface area contributed by atoms with Gasteiger partial charge in [-0.15, -0.1) is 0 Å². The molecule has 0 aliphatic carbocycles. The Bertz CT molecular complexity index is 597. The van der Waals surface area contributed by atoms with Gasteiger partial charge in [0.05, 0.1) is 19.6 Å². The van der Waals surface area contributed by atoms with E-state index < -0.39 is 0 Å². The second kappa shape index (κ2) is 7.35. The van der Waals surface area contributed by atoms with Gasteiger partial charge in [0, 0.05) is 11.7 Å². The Hall–Kier alpha value is -2.47. The minimum atomic E-state index is 0.334. The van der Waals surface area contributed by atoms with Crippen molar-refractivity contribution >= 4 is 5.69 Å². The van der Waals surface area contributed by atoms with E-state index in [1.54, 1.807) is 7.11 Å². The van der Waals surface area contributed by atoms with Crippen LogP contribution in [0.3, 0.4) is 0 Å². The Kier molecular flexibility index (Phi) is 5.22. The van der Waals surface area contributed by atoms with Gasteiger partial charge < -0.3 is 10.1 Å². The second-order valence-electron chi connectivity index (χ2n) is 5.13. The molecule has 21 heavy (non-hydrogen) atoms. The monoisotopic (exact) mass is 280 g/mol. The average Bonchev–Trinajstić information content (AvgIpc) is 2.50. The number of rotatable bonds is 6. The first-order valence-corrected chi connectivity index (χ1v) is 7.06. The molecule has 0 aliphatic heterocycles. The average molecular weight is 280 g/mol. The van der Waals surface area contributed by atoms with E-state index in [1.807, 2.05) is 36.4 Å². The highest BCUT2D eigenvalue weighted by atomic mass is 16.5. The molecule has 108 valence electrons. The van der Waals surface area contributed by atoms with Crippen molar-refractivity contribution in [1.29, 1.82) is 5.26 Å². The molecule has 1 atom stereocenters. The van der Waals surface area contributed by atoms with Crippen LogP contribution in [0.25, 0.3) is 0 Å². The molecular formula is C18H20N2O. The number of hydrogen-bond donors (Lipinski definition) is 1. The molecule has 0 aromatic heterocycles. The zero-order valence-electron chi connectivity index (χ0n) is 12.5. The Morgan fingerprint density at radius 2 is 1.67 bits per heavy atom. The van der Waals surface area contributed by atoms with Crippen LogP contribution in [-0.2, 0) is 12.8 Å². The van der Waals surface area contributed by atoms with Crippen molar-refractivity contribution in [3.05, 3.63) is 59.7 Å². The SMILES string of the molecule is COc1ccc(CC(C)Nc2ccc(CC#N)cc2)cc1. The van der Waals surface area contributed by atoms with Crippen LogP contribution in [0.4, 0.5) is 5.69 Å². The fourth-order valence-corrected chi connectivity index (χ4v) is 2.26. The highest BCUT2D eigenvalue weighted by Crippen LogP contribution is 2.15. The van der Waals surface area contributed by atoms with Gasteiger partial charge >= 0.3 is 0 Å². The number of nitrogens with one attached hydrogen (secondary N) is 1. The van der Waals surface area contributed by atoms with Crippen LogP contribution in [0.2, 0.25) is 0 Å². The minimum Gasteiger partial charge on any atom is -0.497 e. The number of benzene rings is 2. The van der Waals surface area contributed by atoms with Crippen LogP contribution in [0.5, 0.6) is 5.75 Å². The molecule has 1 unspecified atom stereocenters. The molecule has 2 aromatic rings. The third-order valence-corrected chi connectivity index (χ3v) is 3.35. The van der Waals surface area contributed by atoms with Gasteiger partial charge in [-0.05, 0) is 48.7 Å². The van der Waals surface area contributed by atoms with Crippen molar-refractivity contribution in [1.82, 2.24) is 0 Å². The predicted octanol–water partition coefficient (Wildman–Crippen LogP) is 3.80. The van der Waals surface area contributed by atoms with Gasteiger partial charge in [-0.25, -0.2) is 0 Å². The van der Waals surface area contributed by atoms with E-state index in [-0.39, 0.29) is 0 Å². The van der Waals surface area contributed by atoms with Crippen molar-refractivity contribution < 1.29 is 4.74 Å². The molecule has 0 radical (unpaired) electrons. The number of nitrogens with zero attached hydrogens (tertiary/aromatic N) is 1. The molecule has 0 spiro atoms. The second-order valence-corrected chi connectivity index (χ2v) is 5.13. The molecule has 0 aliphatic rings. The highest BCUT2D eigenvalue weighted by Gasteiger charge is 2.04. The quantitative estimate of drug-likeness (QED) is 0.875. The third kappa shape index (κ3) is 4.54. The third-order valence-electron chi connectivity index (χ3n) is 3.35. The number of methoxy groups -OCH3 is 1. The van der Waals surface area contributed by atoms with Gasteiger partial charge in [-0.2, -0.15) is 5.26 Å². The summed E-state index contributed by atoms with van der Waals surface area (Å²) in [5, 5.41) is 12.1. The first kappa shape index (κ1) is 14.9. The van der Waals surface area contributed by atoms with Gasteiger partial charge in [0.25, 0.3) is 0 Å². The van der Waals surface area contributed by atoms with E-state index in [0.717, 1.165) is 23.4 Å².